The summed E-state index contributed by atoms with van der Waals surface area (Å²) in [5, 5.41) is 9.89. The summed E-state index contributed by atoms with van der Waals surface area (Å²) in [5.41, 5.74) is -1.17. The van der Waals surface area contributed by atoms with E-state index >= 15 is 0 Å². The van der Waals surface area contributed by atoms with Crippen molar-refractivity contribution >= 4 is 17.5 Å². The molecular formula is C34H45NO4. The van der Waals surface area contributed by atoms with Gasteiger partial charge in [0.1, 0.15) is 12.7 Å². The number of carbonyl (C=O) groups is 3. The lowest BCUT2D eigenvalue weighted by Gasteiger charge is -2.68. The van der Waals surface area contributed by atoms with Crippen LogP contribution in [0.3, 0.4) is 0 Å². The number of ether oxygens (including phenoxy) is 1. The van der Waals surface area contributed by atoms with E-state index in [1.807, 2.05) is 26.0 Å². The van der Waals surface area contributed by atoms with Gasteiger partial charge < -0.3 is 4.74 Å². The molecule has 0 aromatic rings. The first-order valence-electron chi connectivity index (χ1n) is 14.8. The Labute approximate surface area is 234 Å². The second-order valence-electron chi connectivity index (χ2n) is 15.3. The Kier molecular flexibility index (Phi) is 6.12. The van der Waals surface area contributed by atoms with Gasteiger partial charge in [0, 0.05) is 16.7 Å². The van der Waals surface area contributed by atoms with Crippen LogP contribution in [0.2, 0.25) is 0 Å². The monoisotopic (exact) mass is 531 g/mol. The second-order valence-corrected chi connectivity index (χ2v) is 15.3. The fraction of sp³-hybridized carbons (Fsp3) is 0.706. The highest BCUT2D eigenvalue weighted by molar-refractivity contribution is 6.04. The Morgan fingerprint density at radius 2 is 1.74 bits per heavy atom. The smallest absolute Gasteiger partial charge is 0.312 e. The van der Waals surface area contributed by atoms with Crippen molar-refractivity contribution in [2.24, 2.45) is 50.2 Å². The van der Waals surface area contributed by atoms with E-state index in [4.69, 9.17) is 4.74 Å². The van der Waals surface area contributed by atoms with Crippen molar-refractivity contribution in [1.29, 1.82) is 5.26 Å². The van der Waals surface area contributed by atoms with Crippen LogP contribution in [-0.4, -0.2) is 24.1 Å². The molecule has 0 amide bonds. The summed E-state index contributed by atoms with van der Waals surface area (Å²) < 4.78 is 5.73. The molecule has 3 saturated carbocycles. The normalized spacial score (nSPS) is 43.8. The number of fused-ring (bicyclic) bond motifs is 7. The molecular weight excluding hydrogens is 486 g/mol. The summed E-state index contributed by atoms with van der Waals surface area (Å²) in [6.07, 6.45) is 11.1. The number of nitriles is 1. The molecule has 0 aromatic carbocycles. The van der Waals surface area contributed by atoms with Gasteiger partial charge in [-0.3, -0.25) is 14.4 Å². The summed E-state index contributed by atoms with van der Waals surface area (Å²) in [6.45, 7) is 19.1. The van der Waals surface area contributed by atoms with Gasteiger partial charge in [-0.05, 0) is 79.1 Å². The summed E-state index contributed by atoms with van der Waals surface area (Å²) in [6, 6.07) is 2.17. The van der Waals surface area contributed by atoms with Crippen molar-refractivity contribution in [3.05, 3.63) is 36.0 Å². The minimum Gasteiger partial charge on any atom is -0.461 e. The van der Waals surface area contributed by atoms with Gasteiger partial charge in [0.2, 0.25) is 0 Å². The number of allylic oxidation sites excluding steroid dienone is 4. The van der Waals surface area contributed by atoms with Gasteiger partial charge in [0.25, 0.3) is 0 Å². The minimum atomic E-state index is -0.679. The number of hydrogen-bond donors (Lipinski definition) is 0. The molecule has 7 atom stereocenters. The lowest BCUT2D eigenvalue weighted by atomic mass is 9.34. The summed E-state index contributed by atoms with van der Waals surface area (Å²) in [7, 11) is 0. The standard InChI is InChI=1S/C34H45NO4/c1-9-16-39-28(38)34-14-12-29(2,3)19-22(34)26-23(36)17-25-31(6)18-21(20-35)27(37)30(4,5)24(31)10-11-32(25,7)33(26,8)13-15-34/h9,17-18,22,24,26H,1,10-16,19H2,2-8H3/t22?,24-,26?,31-,32+,33+,34-/m0/s1. The number of hydrogen-bond acceptors (Lipinski definition) is 5. The largest absolute Gasteiger partial charge is 0.461 e. The van der Waals surface area contributed by atoms with Crippen LogP contribution >= 0.6 is 0 Å². The van der Waals surface area contributed by atoms with Gasteiger partial charge >= 0.3 is 5.97 Å². The molecule has 3 fully saturated rings. The molecule has 0 aromatic heterocycles. The highest BCUT2D eigenvalue weighted by Crippen LogP contribution is 2.74. The Morgan fingerprint density at radius 1 is 1.08 bits per heavy atom. The Hall–Kier alpha value is -2.48. The van der Waals surface area contributed by atoms with E-state index in [0.717, 1.165) is 50.5 Å². The molecule has 0 aliphatic heterocycles. The predicted molar refractivity (Wildman–Crippen MR) is 150 cm³/mol. The van der Waals surface area contributed by atoms with Crippen molar-refractivity contribution in [1.82, 2.24) is 0 Å². The van der Waals surface area contributed by atoms with Gasteiger partial charge in [-0.2, -0.15) is 5.26 Å². The molecule has 5 nitrogen and oxygen atoms in total. The maximum atomic E-state index is 14.5. The molecule has 0 radical (unpaired) electrons. The van der Waals surface area contributed by atoms with E-state index in [-0.39, 0.29) is 63.7 Å². The summed E-state index contributed by atoms with van der Waals surface area (Å²) in [4.78, 5) is 41.4. The lowest BCUT2D eigenvalue weighted by molar-refractivity contribution is -0.192. The molecule has 5 rings (SSSR count). The third-order valence-electron chi connectivity index (χ3n) is 12.6. The predicted octanol–water partition coefficient (Wildman–Crippen LogP) is 6.94. The van der Waals surface area contributed by atoms with Crippen LogP contribution in [0, 0.1) is 61.6 Å². The number of nitrogens with zero attached hydrogens (tertiary/aromatic N) is 1. The third kappa shape index (κ3) is 3.52. The van der Waals surface area contributed by atoms with Crippen molar-refractivity contribution in [3.63, 3.8) is 0 Å². The molecule has 0 spiro atoms. The van der Waals surface area contributed by atoms with Gasteiger partial charge in [0.15, 0.2) is 11.6 Å². The fourth-order valence-electron chi connectivity index (χ4n) is 10.3. The molecule has 0 saturated heterocycles. The summed E-state index contributed by atoms with van der Waals surface area (Å²) in [5.74, 6) is -0.479. The zero-order chi connectivity index (χ0) is 28.8. The number of carbonyl (C=O) groups excluding carboxylic acids is 3. The first kappa shape index (κ1) is 28.1. The quantitative estimate of drug-likeness (QED) is 0.291. The van der Waals surface area contributed by atoms with Crippen molar-refractivity contribution in [3.8, 4) is 6.07 Å². The highest BCUT2D eigenvalue weighted by atomic mass is 16.5. The second kappa shape index (κ2) is 8.51. The molecule has 39 heavy (non-hydrogen) atoms. The van der Waals surface area contributed by atoms with Crippen molar-refractivity contribution < 1.29 is 19.1 Å². The third-order valence-corrected chi connectivity index (χ3v) is 12.6. The van der Waals surface area contributed by atoms with Gasteiger partial charge in [-0.25, -0.2) is 0 Å². The molecule has 5 heteroatoms. The van der Waals surface area contributed by atoms with Gasteiger partial charge in [-0.1, -0.05) is 72.8 Å². The number of ketones is 2. The van der Waals surface area contributed by atoms with Crippen LogP contribution in [-0.2, 0) is 19.1 Å². The average molecular weight is 532 g/mol. The topological polar surface area (TPSA) is 84.2 Å². The van der Waals surface area contributed by atoms with Gasteiger partial charge in [0.05, 0.1) is 11.0 Å². The average Bonchev–Trinajstić information content (AvgIpc) is 2.86. The van der Waals surface area contributed by atoms with Crippen molar-refractivity contribution in [2.75, 3.05) is 6.61 Å². The molecule has 2 unspecified atom stereocenters. The van der Waals surface area contributed by atoms with E-state index in [9.17, 15) is 19.6 Å². The van der Waals surface area contributed by atoms with Crippen LogP contribution in [0.1, 0.15) is 93.4 Å². The SMILES string of the molecule is C=CCOC(=O)[C@]12CCC(C)(C)CC1C1C(=O)C=C3[C@@]4(C)C=C(C#N)C(=O)C(C)(C)[C@@H]4CC[C@@]3(C)[C@]1(C)CC2. The number of rotatable bonds is 3. The zero-order valence-electron chi connectivity index (χ0n) is 24.9. The first-order chi connectivity index (χ1) is 18.0. The maximum absolute atomic E-state index is 14.5. The molecule has 0 bridgehead atoms. The molecule has 0 N–H and O–H groups in total. The molecule has 5 aliphatic rings. The maximum Gasteiger partial charge on any atom is 0.312 e. The Balaban J connectivity index is 1.68. The Morgan fingerprint density at radius 3 is 2.38 bits per heavy atom. The first-order valence-corrected chi connectivity index (χ1v) is 14.8. The zero-order valence-corrected chi connectivity index (χ0v) is 24.9. The van der Waals surface area contributed by atoms with Crippen LogP contribution < -0.4 is 0 Å². The van der Waals surface area contributed by atoms with Crippen LogP contribution in [0.25, 0.3) is 0 Å². The molecule has 210 valence electrons. The molecule has 5 aliphatic carbocycles. The Bertz CT molecular complexity index is 1260. The van der Waals surface area contributed by atoms with E-state index in [2.05, 4.69) is 47.3 Å². The van der Waals surface area contributed by atoms with E-state index in [1.54, 1.807) is 6.08 Å². The van der Waals surface area contributed by atoms with Gasteiger partial charge in [-0.15, -0.1) is 0 Å². The molecule has 0 heterocycles. The van der Waals surface area contributed by atoms with E-state index in [1.165, 1.54) is 0 Å². The lowest BCUT2D eigenvalue weighted by Crippen LogP contribution is -2.66. The summed E-state index contributed by atoms with van der Waals surface area (Å²) >= 11 is 0. The highest BCUT2D eigenvalue weighted by Gasteiger charge is 2.71. The van der Waals surface area contributed by atoms with Crippen LogP contribution in [0.15, 0.2) is 36.0 Å². The van der Waals surface area contributed by atoms with Crippen molar-refractivity contribution in [2.45, 2.75) is 93.4 Å². The van der Waals surface area contributed by atoms with E-state index in [0.29, 0.717) is 0 Å². The number of esters is 1. The van der Waals surface area contributed by atoms with Crippen LogP contribution in [0.4, 0.5) is 0 Å². The van der Waals surface area contributed by atoms with Crippen LogP contribution in [0.5, 0.6) is 0 Å². The minimum absolute atomic E-state index is 0.0204. The number of Topliss-reactive ketones (excluding diaryl/α,β-unsaturated/α-hetero) is 1. The fourth-order valence-corrected chi connectivity index (χ4v) is 10.3. The van der Waals surface area contributed by atoms with E-state index < -0.39 is 16.2 Å².